The highest BCUT2D eigenvalue weighted by atomic mass is 79.9. The van der Waals surface area contributed by atoms with E-state index in [1.165, 1.54) is 0 Å². The first-order chi connectivity index (χ1) is 5.27. The molecule has 11 heavy (non-hydrogen) atoms. The number of alkyl halides is 1. The van der Waals surface area contributed by atoms with Crippen molar-refractivity contribution in [3.8, 4) is 0 Å². The smallest absolute Gasteiger partial charge is 0.131 e. The molecule has 2 N–H and O–H groups in total. The molecule has 0 aromatic carbocycles. The zero-order valence-corrected chi connectivity index (χ0v) is 7.93. The Labute approximate surface area is 74.2 Å². The van der Waals surface area contributed by atoms with Crippen molar-refractivity contribution in [1.29, 1.82) is 0 Å². The number of aromatic nitrogens is 2. The summed E-state index contributed by atoms with van der Waals surface area (Å²) in [6, 6.07) is 0. The fourth-order valence-corrected chi connectivity index (χ4v) is 1.16. The summed E-state index contributed by atoms with van der Waals surface area (Å²) in [5.74, 6) is 1.38. The van der Waals surface area contributed by atoms with Crippen molar-refractivity contribution in [2.24, 2.45) is 0 Å². The van der Waals surface area contributed by atoms with Crippen LogP contribution in [0, 0.1) is 0 Å². The van der Waals surface area contributed by atoms with E-state index in [9.17, 15) is 0 Å². The molecular formula is C7H10BrN3. The van der Waals surface area contributed by atoms with Gasteiger partial charge in [-0.3, -0.25) is 0 Å². The van der Waals surface area contributed by atoms with Crippen molar-refractivity contribution in [3.05, 3.63) is 17.6 Å². The first-order valence-electron chi connectivity index (χ1n) is 3.44. The second-order valence-electron chi connectivity index (χ2n) is 2.18. The lowest BCUT2D eigenvalue weighted by Crippen LogP contribution is -2.01. The van der Waals surface area contributed by atoms with Crippen molar-refractivity contribution < 1.29 is 0 Å². The molecule has 0 spiro atoms. The minimum absolute atomic E-state index is 0.578. The van der Waals surface area contributed by atoms with Crippen molar-refractivity contribution in [1.82, 2.24) is 9.97 Å². The second kappa shape index (κ2) is 3.67. The van der Waals surface area contributed by atoms with E-state index in [-0.39, 0.29) is 0 Å². The Morgan fingerprint density at radius 1 is 1.64 bits per heavy atom. The van der Waals surface area contributed by atoms with Crippen LogP contribution in [0.3, 0.4) is 0 Å². The molecule has 0 fully saturated rings. The van der Waals surface area contributed by atoms with E-state index >= 15 is 0 Å². The molecule has 0 bridgehead atoms. The molecule has 1 aromatic heterocycles. The molecule has 0 unspecified atom stereocenters. The number of hydrogen-bond donors (Lipinski definition) is 1. The van der Waals surface area contributed by atoms with E-state index in [0.717, 1.165) is 17.8 Å². The molecule has 3 nitrogen and oxygen atoms in total. The van der Waals surface area contributed by atoms with E-state index in [1.807, 2.05) is 6.92 Å². The SMILES string of the molecule is CCc1ncc(CBr)c(N)n1. The summed E-state index contributed by atoms with van der Waals surface area (Å²) in [5.41, 5.74) is 6.57. The Morgan fingerprint density at radius 2 is 2.36 bits per heavy atom. The molecule has 4 heteroatoms. The van der Waals surface area contributed by atoms with Gasteiger partial charge < -0.3 is 5.73 Å². The number of nitrogen functional groups attached to an aromatic ring is 1. The summed E-state index contributed by atoms with van der Waals surface area (Å²) >= 11 is 3.29. The van der Waals surface area contributed by atoms with E-state index in [2.05, 4.69) is 25.9 Å². The van der Waals surface area contributed by atoms with Gasteiger partial charge in [0.25, 0.3) is 0 Å². The van der Waals surface area contributed by atoms with E-state index in [4.69, 9.17) is 5.73 Å². The Hall–Kier alpha value is -0.640. The maximum Gasteiger partial charge on any atom is 0.131 e. The van der Waals surface area contributed by atoms with Crippen LogP contribution in [0.2, 0.25) is 0 Å². The third-order valence-electron chi connectivity index (χ3n) is 1.41. The number of halogens is 1. The van der Waals surface area contributed by atoms with Gasteiger partial charge in [-0.1, -0.05) is 22.9 Å². The van der Waals surface area contributed by atoms with Gasteiger partial charge in [0, 0.05) is 23.5 Å². The maximum absolute atomic E-state index is 5.63. The molecular weight excluding hydrogens is 206 g/mol. The summed E-state index contributed by atoms with van der Waals surface area (Å²) in [5, 5.41) is 0.711. The Bertz CT molecular complexity index is 249. The highest BCUT2D eigenvalue weighted by molar-refractivity contribution is 9.08. The van der Waals surface area contributed by atoms with Crippen molar-refractivity contribution in [2.75, 3.05) is 5.73 Å². The minimum atomic E-state index is 0.578. The van der Waals surface area contributed by atoms with Crippen molar-refractivity contribution in [3.63, 3.8) is 0 Å². The fourth-order valence-electron chi connectivity index (χ4n) is 0.732. The van der Waals surface area contributed by atoms with Crippen molar-refractivity contribution >= 4 is 21.7 Å². The zero-order valence-electron chi connectivity index (χ0n) is 6.34. The van der Waals surface area contributed by atoms with E-state index in [0.29, 0.717) is 11.1 Å². The number of nitrogens with two attached hydrogens (primary N) is 1. The van der Waals surface area contributed by atoms with Crippen LogP contribution in [0.1, 0.15) is 18.3 Å². The number of nitrogens with zero attached hydrogens (tertiary/aromatic N) is 2. The van der Waals surface area contributed by atoms with Gasteiger partial charge in [-0.15, -0.1) is 0 Å². The van der Waals surface area contributed by atoms with Gasteiger partial charge >= 0.3 is 0 Å². The lowest BCUT2D eigenvalue weighted by atomic mass is 10.3. The second-order valence-corrected chi connectivity index (χ2v) is 2.74. The van der Waals surface area contributed by atoms with Crippen LogP contribution in [0.15, 0.2) is 6.20 Å². The molecule has 1 rings (SSSR count). The average molecular weight is 216 g/mol. The third-order valence-corrected chi connectivity index (χ3v) is 2.01. The lowest BCUT2D eigenvalue weighted by molar-refractivity contribution is 0.934. The summed E-state index contributed by atoms with van der Waals surface area (Å²) < 4.78 is 0. The molecule has 60 valence electrons. The molecule has 0 aliphatic rings. The van der Waals surface area contributed by atoms with Gasteiger partial charge in [0.15, 0.2) is 0 Å². The monoisotopic (exact) mass is 215 g/mol. The maximum atomic E-state index is 5.63. The highest BCUT2D eigenvalue weighted by Crippen LogP contribution is 2.10. The number of hydrogen-bond acceptors (Lipinski definition) is 3. The predicted octanol–water partition coefficient (Wildman–Crippen LogP) is 1.52. The van der Waals surface area contributed by atoms with Crippen LogP contribution in [0.5, 0.6) is 0 Å². The highest BCUT2D eigenvalue weighted by Gasteiger charge is 1.99. The zero-order chi connectivity index (χ0) is 8.27. The van der Waals surface area contributed by atoms with Gasteiger partial charge in [-0.05, 0) is 0 Å². The number of anilines is 1. The standard InChI is InChI=1S/C7H10BrN3/c1-2-6-10-4-5(3-8)7(9)11-6/h4H,2-3H2,1H3,(H2,9,10,11). The predicted molar refractivity (Wildman–Crippen MR) is 48.5 cm³/mol. The molecule has 1 aromatic rings. The summed E-state index contributed by atoms with van der Waals surface area (Å²) in [7, 11) is 0. The van der Waals surface area contributed by atoms with Crippen LogP contribution in [0.4, 0.5) is 5.82 Å². The molecule has 0 aliphatic carbocycles. The Kier molecular flexibility index (Phi) is 2.82. The molecule has 0 amide bonds. The molecule has 0 aliphatic heterocycles. The Morgan fingerprint density at radius 3 is 2.82 bits per heavy atom. The molecule has 0 atom stereocenters. The fraction of sp³-hybridized carbons (Fsp3) is 0.429. The van der Waals surface area contributed by atoms with Gasteiger partial charge in [-0.2, -0.15) is 0 Å². The van der Waals surface area contributed by atoms with Crippen LogP contribution >= 0.6 is 15.9 Å². The first-order valence-corrected chi connectivity index (χ1v) is 4.56. The normalized spacial score (nSPS) is 10.0. The third kappa shape index (κ3) is 1.89. The van der Waals surface area contributed by atoms with E-state index in [1.54, 1.807) is 6.20 Å². The van der Waals surface area contributed by atoms with Gasteiger partial charge in [0.2, 0.25) is 0 Å². The van der Waals surface area contributed by atoms with Crippen LogP contribution < -0.4 is 5.73 Å². The van der Waals surface area contributed by atoms with Crippen LogP contribution in [-0.4, -0.2) is 9.97 Å². The number of rotatable bonds is 2. The molecule has 0 saturated heterocycles. The molecule has 0 saturated carbocycles. The summed E-state index contributed by atoms with van der Waals surface area (Å²) in [6.45, 7) is 2.00. The van der Waals surface area contributed by atoms with E-state index < -0.39 is 0 Å². The summed E-state index contributed by atoms with van der Waals surface area (Å²) in [6.07, 6.45) is 2.59. The minimum Gasteiger partial charge on any atom is -0.383 e. The molecule has 1 heterocycles. The molecule has 0 radical (unpaired) electrons. The average Bonchev–Trinajstić information content (AvgIpc) is 2.04. The van der Waals surface area contributed by atoms with Gasteiger partial charge in [-0.25, -0.2) is 9.97 Å². The first kappa shape index (κ1) is 8.46. The van der Waals surface area contributed by atoms with Gasteiger partial charge in [0.1, 0.15) is 11.6 Å². The van der Waals surface area contributed by atoms with Gasteiger partial charge in [0.05, 0.1) is 0 Å². The lowest BCUT2D eigenvalue weighted by Gasteiger charge is -2.01. The summed E-state index contributed by atoms with van der Waals surface area (Å²) in [4.78, 5) is 8.21. The topological polar surface area (TPSA) is 51.8 Å². The van der Waals surface area contributed by atoms with Crippen LogP contribution in [0.25, 0.3) is 0 Å². The number of aryl methyl sites for hydroxylation is 1. The van der Waals surface area contributed by atoms with Crippen molar-refractivity contribution in [2.45, 2.75) is 18.7 Å². The Balaban J connectivity index is 2.99. The van der Waals surface area contributed by atoms with Crippen LogP contribution in [-0.2, 0) is 11.8 Å². The quantitative estimate of drug-likeness (QED) is 0.762. The largest absolute Gasteiger partial charge is 0.383 e.